The molecule has 0 fully saturated rings. The number of ether oxygens (including phenoxy) is 2. The Labute approximate surface area is 225 Å². The second-order valence-corrected chi connectivity index (χ2v) is 9.33. The zero-order chi connectivity index (χ0) is 26.9. The van der Waals surface area contributed by atoms with Crippen LogP contribution in [0.15, 0.2) is 71.7 Å². The number of hydrogen-bond donors (Lipinski definition) is 2. The quantitative estimate of drug-likeness (QED) is 0.182. The molecular formula is C32H39N3O3. The largest absolute Gasteiger partial charge is 0.494 e. The molecule has 6 nitrogen and oxygen atoms in total. The number of benzene rings is 3. The number of rotatable bonds is 13. The summed E-state index contributed by atoms with van der Waals surface area (Å²) in [4.78, 5) is 10.7. The lowest BCUT2D eigenvalue weighted by Gasteiger charge is -2.21. The molecule has 4 aromatic rings. The fourth-order valence-corrected chi connectivity index (χ4v) is 4.79. The van der Waals surface area contributed by atoms with E-state index in [1.807, 2.05) is 56.3 Å². The van der Waals surface area contributed by atoms with Crippen LogP contribution in [0.5, 0.6) is 17.4 Å². The van der Waals surface area contributed by atoms with Gasteiger partial charge >= 0.3 is 0 Å². The predicted molar refractivity (Wildman–Crippen MR) is 156 cm³/mol. The van der Waals surface area contributed by atoms with Gasteiger partial charge in [0.2, 0.25) is 0 Å². The molecule has 3 aromatic carbocycles. The van der Waals surface area contributed by atoms with Crippen LogP contribution >= 0.6 is 0 Å². The first kappa shape index (κ1) is 27.3. The summed E-state index contributed by atoms with van der Waals surface area (Å²) in [6, 6.07) is 22.2. The fourth-order valence-electron chi connectivity index (χ4n) is 4.79. The molecule has 1 heterocycles. The number of fused-ring (bicyclic) bond motifs is 1. The van der Waals surface area contributed by atoms with E-state index in [1.54, 1.807) is 0 Å². The number of hydrogen-bond acceptors (Lipinski definition) is 5. The van der Waals surface area contributed by atoms with E-state index in [-0.39, 0.29) is 5.88 Å². The predicted octanol–water partition coefficient (Wildman–Crippen LogP) is 7.46. The highest BCUT2D eigenvalue weighted by molar-refractivity contribution is 6.22. The van der Waals surface area contributed by atoms with Crippen LogP contribution in [0.4, 0.5) is 5.69 Å². The highest BCUT2D eigenvalue weighted by Gasteiger charge is 2.21. The maximum absolute atomic E-state index is 11.1. The summed E-state index contributed by atoms with van der Waals surface area (Å²) >= 11 is 0. The van der Waals surface area contributed by atoms with Crippen molar-refractivity contribution >= 4 is 22.3 Å². The minimum absolute atomic E-state index is 0.0603. The summed E-state index contributed by atoms with van der Waals surface area (Å²) in [5, 5.41) is 11.9. The maximum Gasteiger partial charge on any atom is 0.199 e. The molecule has 0 saturated heterocycles. The van der Waals surface area contributed by atoms with Crippen molar-refractivity contribution in [1.29, 1.82) is 0 Å². The lowest BCUT2D eigenvalue weighted by Crippen LogP contribution is -2.24. The Hall–Kier alpha value is -3.77. The van der Waals surface area contributed by atoms with E-state index in [4.69, 9.17) is 14.5 Å². The van der Waals surface area contributed by atoms with Gasteiger partial charge in [-0.05, 0) is 63.5 Å². The van der Waals surface area contributed by atoms with Crippen LogP contribution in [0, 0.1) is 0 Å². The van der Waals surface area contributed by atoms with Gasteiger partial charge in [0.15, 0.2) is 17.4 Å². The van der Waals surface area contributed by atoms with Crippen LogP contribution < -0.4 is 9.47 Å². The molecule has 4 rings (SSSR count). The van der Waals surface area contributed by atoms with Crippen LogP contribution in [-0.2, 0) is 6.54 Å². The number of H-pyrrole nitrogens is 1. The zero-order valence-electron chi connectivity index (χ0n) is 23.0. The van der Waals surface area contributed by atoms with E-state index < -0.39 is 0 Å². The van der Waals surface area contributed by atoms with Gasteiger partial charge in [0.05, 0.1) is 35.7 Å². The van der Waals surface area contributed by atoms with E-state index in [9.17, 15) is 5.11 Å². The first-order valence-electron chi connectivity index (χ1n) is 13.7. The monoisotopic (exact) mass is 513 g/mol. The molecule has 0 spiro atoms. The molecule has 200 valence electrons. The summed E-state index contributed by atoms with van der Waals surface area (Å²) in [6.45, 7) is 12.5. The number of aliphatic imine (C=N–C) groups is 1. The van der Waals surface area contributed by atoms with E-state index >= 15 is 0 Å². The highest BCUT2D eigenvalue weighted by atomic mass is 16.5. The van der Waals surface area contributed by atoms with Crippen molar-refractivity contribution in [1.82, 2.24) is 9.88 Å². The molecule has 0 bridgehead atoms. The van der Waals surface area contributed by atoms with Gasteiger partial charge in [-0.3, -0.25) is 4.90 Å². The standard InChI is InChI=1S/C32H39N3O3/c1-5-18-35(19-6-2)22-23-14-16-25(17-15-23)33-31(24-12-10-9-11-13-24)30-26-20-28(37-7-3)29(38-8-4)21-27(26)34-32(30)36/h9-17,20-21,34,36H,5-8,18-19,22H2,1-4H3. The van der Waals surface area contributed by atoms with Crippen molar-refractivity contribution in [2.75, 3.05) is 26.3 Å². The lowest BCUT2D eigenvalue weighted by atomic mass is 10.0. The third kappa shape index (κ3) is 6.37. The molecule has 0 radical (unpaired) electrons. The number of aromatic amines is 1. The minimum Gasteiger partial charge on any atom is -0.494 e. The van der Waals surface area contributed by atoms with Crippen molar-refractivity contribution in [3.63, 3.8) is 0 Å². The third-order valence-corrected chi connectivity index (χ3v) is 6.39. The Kier molecular flexibility index (Phi) is 9.44. The summed E-state index contributed by atoms with van der Waals surface area (Å²) in [6.07, 6.45) is 2.29. The fraction of sp³-hybridized carbons (Fsp3) is 0.344. The van der Waals surface area contributed by atoms with Gasteiger partial charge in [-0.2, -0.15) is 0 Å². The molecule has 0 aliphatic rings. The van der Waals surface area contributed by atoms with Crippen molar-refractivity contribution < 1.29 is 14.6 Å². The number of aromatic nitrogens is 1. The van der Waals surface area contributed by atoms with Gasteiger partial charge in [-0.15, -0.1) is 0 Å². The first-order valence-corrected chi connectivity index (χ1v) is 13.7. The number of nitrogens with zero attached hydrogens (tertiary/aromatic N) is 2. The van der Waals surface area contributed by atoms with Gasteiger partial charge in [0, 0.05) is 23.6 Å². The average Bonchev–Trinajstić information content (AvgIpc) is 3.23. The van der Waals surface area contributed by atoms with E-state index in [0.29, 0.717) is 36.0 Å². The molecule has 0 atom stereocenters. The summed E-state index contributed by atoms with van der Waals surface area (Å²) in [7, 11) is 0. The van der Waals surface area contributed by atoms with Gasteiger partial charge in [-0.1, -0.05) is 56.3 Å². The molecule has 0 aliphatic heterocycles. The van der Waals surface area contributed by atoms with Crippen LogP contribution in [0.25, 0.3) is 10.9 Å². The minimum atomic E-state index is 0.0603. The van der Waals surface area contributed by atoms with Gasteiger partial charge in [-0.25, -0.2) is 4.99 Å². The average molecular weight is 514 g/mol. The highest BCUT2D eigenvalue weighted by Crippen LogP contribution is 2.38. The molecule has 0 aliphatic carbocycles. The summed E-state index contributed by atoms with van der Waals surface area (Å²) in [5.41, 5.74) is 5.09. The Morgan fingerprint density at radius 3 is 2.08 bits per heavy atom. The van der Waals surface area contributed by atoms with Crippen molar-refractivity contribution in [2.45, 2.75) is 47.1 Å². The zero-order valence-corrected chi connectivity index (χ0v) is 23.0. The molecule has 6 heteroatoms. The Balaban J connectivity index is 1.78. The first-order chi connectivity index (χ1) is 18.6. The van der Waals surface area contributed by atoms with Gasteiger partial charge in [0.1, 0.15) is 0 Å². The van der Waals surface area contributed by atoms with Gasteiger partial charge < -0.3 is 19.6 Å². The Morgan fingerprint density at radius 1 is 0.842 bits per heavy atom. The number of nitrogens with one attached hydrogen (secondary N) is 1. The van der Waals surface area contributed by atoms with Crippen molar-refractivity contribution in [3.05, 3.63) is 83.4 Å². The Morgan fingerprint density at radius 2 is 1.47 bits per heavy atom. The van der Waals surface area contributed by atoms with E-state index in [1.165, 1.54) is 5.56 Å². The molecule has 0 amide bonds. The van der Waals surface area contributed by atoms with Crippen molar-refractivity contribution in [3.8, 4) is 17.4 Å². The summed E-state index contributed by atoms with van der Waals surface area (Å²) < 4.78 is 11.7. The third-order valence-electron chi connectivity index (χ3n) is 6.39. The van der Waals surface area contributed by atoms with E-state index in [0.717, 1.165) is 54.6 Å². The van der Waals surface area contributed by atoms with Crippen LogP contribution in [-0.4, -0.2) is 47.0 Å². The van der Waals surface area contributed by atoms with Crippen LogP contribution in [0.1, 0.15) is 57.2 Å². The topological polar surface area (TPSA) is 70.1 Å². The SMILES string of the molecule is CCCN(CCC)Cc1ccc(N=C(c2ccccc2)c2c(O)[nH]c3cc(OCC)c(OCC)cc23)cc1. The molecule has 2 N–H and O–H groups in total. The second kappa shape index (κ2) is 13.2. The molecule has 0 unspecified atom stereocenters. The summed E-state index contributed by atoms with van der Waals surface area (Å²) in [5.74, 6) is 1.34. The van der Waals surface area contributed by atoms with Gasteiger partial charge in [0.25, 0.3) is 0 Å². The smallest absolute Gasteiger partial charge is 0.199 e. The normalized spacial score (nSPS) is 11.9. The molecule has 38 heavy (non-hydrogen) atoms. The maximum atomic E-state index is 11.1. The second-order valence-electron chi connectivity index (χ2n) is 9.33. The van der Waals surface area contributed by atoms with E-state index in [2.05, 4.69) is 48.0 Å². The van der Waals surface area contributed by atoms with Crippen LogP contribution in [0.3, 0.4) is 0 Å². The number of aromatic hydroxyl groups is 1. The van der Waals surface area contributed by atoms with Crippen LogP contribution in [0.2, 0.25) is 0 Å². The molecule has 1 aromatic heterocycles. The van der Waals surface area contributed by atoms with Crippen molar-refractivity contribution in [2.24, 2.45) is 4.99 Å². The lowest BCUT2D eigenvalue weighted by molar-refractivity contribution is 0.266. The molecular weight excluding hydrogens is 474 g/mol. The Bertz CT molecular complexity index is 1340. The molecule has 0 saturated carbocycles.